The molecule has 26 heavy (non-hydrogen) atoms. The van der Waals surface area contributed by atoms with E-state index in [1.165, 1.54) is 0 Å². The lowest BCUT2D eigenvalue weighted by atomic mass is 10.1. The highest BCUT2D eigenvalue weighted by molar-refractivity contribution is 7.99. The van der Waals surface area contributed by atoms with Gasteiger partial charge in [0, 0.05) is 63.4 Å². The summed E-state index contributed by atoms with van der Waals surface area (Å²) < 4.78 is 5.93. The summed E-state index contributed by atoms with van der Waals surface area (Å²) in [6, 6.07) is 7.91. The molecule has 0 radical (unpaired) electrons. The number of benzene rings is 1. The van der Waals surface area contributed by atoms with E-state index < -0.39 is 6.10 Å². The topological polar surface area (TPSA) is 56.2 Å². The minimum atomic E-state index is -0.489. The number of thioether (sulfide) groups is 1. The first kappa shape index (κ1) is 19.5. The average Bonchev–Trinajstić information content (AvgIpc) is 2.65. The van der Waals surface area contributed by atoms with Crippen LogP contribution in [-0.2, 0) is 11.3 Å². The third-order valence-electron chi connectivity index (χ3n) is 4.91. The first-order chi connectivity index (χ1) is 12.6. The number of nitrogens with zero attached hydrogens (tertiary/aromatic N) is 3. The molecule has 0 spiro atoms. The number of hydrogen-bond donors (Lipinski definition) is 1. The summed E-state index contributed by atoms with van der Waals surface area (Å²) in [6.45, 7) is 5.79. The Bertz CT molecular complexity index is 595. The van der Waals surface area contributed by atoms with Crippen molar-refractivity contribution in [1.82, 2.24) is 14.7 Å². The number of para-hydroxylation sites is 1. The lowest BCUT2D eigenvalue weighted by molar-refractivity contribution is -0.134. The van der Waals surface area contributed by atoms with Crippen molar-refractivity contribution in [3.8, 4) is 5.75 Å². The number of aliphatic hydroxyl groups excluding tert-OH is 1. The van der Waals surface area contributed by atoms with Gasteiger partial charge >= 0.3 is 0 Å². The molecule has 0 saturated carbocycles. The number of piperazine rings is 1. The highest BCUT2D eigenvalue weighted by Gasteiger charge is 2.22. The fraction of sp³-hybridized carbons (Fsp3) is 0.632. The Morgan fingerprint density at radius 2 is 1.92 bits per heavy atom. The van der Waals surface area contributed by atoms with Crippen LogP contribution in [0.5, 0.6) is 5.75 Å². The highest BCUT2D eigenvalue weighted by Crippen LogP contribution is 2.21. The van der Waals surface area contributed by atoms with Gasteiger partial charge in [0.05, 0.1) is 6.54 Å². The van der Waals surface area contributed by atoms with Crippen molar-refractivity contribution < 1.29 is 14.6 Å². The van der Waals surface area contributed by atoms with Crippen LogP contribution < -0.4 is 4.74 Å². The number of β-amino-alcohol motifs (C(OH)–C–C–N with tert-alkyl or cyclic N) is 1. The SMILES string of the molecule is CN1CCN(Cc2ccccc2OCC(O)CN2CCSCC2)CC1=O. The summed E-state index contributed by atoms with van der Waals surface area (Å²) >= 11 is 1.97. The summed E-state index contributed by atoms with van der Waals surface area (Å²) in [7, 11) is 1.85. The van der Waals surface area contributed by atoms with Gasteiger partial charge in [-0.05, 0) is 6.07 Å². The molecule has 0 bridgehead atoms. The van der Waals surface area contributed by atoms with Gasteiger partial charge in [-0.25, -0.2) is 0 Å². The van der Waals surface area contributed by atoms with Crippen LogP contribution in [0.4, 0.5) is 0 Å². The van der Waals surface area contributed by atoms with E-state index in [0.717, 1.165) is 49.0 Å². The first-order valence-electron chi connectivity index (χ1n) is 9.27. The molecule has 1 aromatic carbocycles. The molecule has 6 nitrogen and oxygen atoms in total. The molecule has 2 aliphatic heterocycles. The maximum atomic E-state index is 11.9. The number of hydrogen-bond acceptors (Lipinski definition) is 6. The van der Waals surface area contributed by atoms with Crippen LogP contribution in [0, 0.1) is 0 Å². The Balaban J connectivity index is 1.51. The molecule has 0 aromatic heterocycles. The molecule has 7 heteroatoms. The van der Waals surface area contributed by atoms with Crippen molar-refractivity contribution in [2.24, 2.45) is 0 Å². The van der Waals surface area contributed by atoms with Gasteiger partial charge in [-0.3, -0.25) is 14.6 Å². The smallest absolute Gasteiger partial charge is 0.236 e. The summed E-state index contributed by atoms with van der Waals surface area (Å²) in [4.78, 5) is 18.1. The number of ether oxygens (including phenoxy) is 1. The number of carbonyl (C=O) groups is 1. The number of carbonyl (C=O) groups excluding carboxylic acids is 1. The standard InChI is InChI=1S/C19H29N3O3S/c1-20-6-7-22(14-19(20)24)12-16-4-2-3-5-18(16)25-15-17(23)13-21-8-10-26-11-9-21/h2-5,17,23H,6-15H2,1H3. The second-order valence-electron chi connectivity index (χ2n) is 7.01. The van der Waals surface area contributed by atoms with Crippen LogP contribution in [0.3, 0.4) is 0 Å². The molecule has 144 valence electrons. The third-order valence-corrected chi connectivity index (χ3v) is 5.85. The summed E-state index contributed by atoms with van der Waals surface area (Å²) in [6.07, 6.45) is -0.489. The van der Waals surface area contributed by atoms with Gasteiger partial charge in [0.15, 0.2) is 0 Å². The molecule has 2 aliphatic rings. The molecular weight excluding hydrogens is 350 g/mol. The molecule has 1 N–H and O–H groups in total. The Morgan fingerprint density at radius 1 is 1.15 bits per heavy atom. The molecule has 2 saturated heterocycles. The van der Waals surface area contributed by atoms with Crippen LogP contribution in [0.1, 0.15) is 5.56 Å². The Hall–Kier alpha value is -1.28. The first-order valence-corrected chi connectivity index (χ1v) is 10.4. The van der Waals surface area contributed by atoms with Crippen LogP contribution in [-0.4, -0.2) is 96.2 Å². The zero-order valence-electron chi connectivity index (χ0n) is 15.5. The van der Waals surface area contributed by atoms with Crippen LogP contribution >= 0.6 is 11.8 Å². The van der Waals surface area contributed by atoms with E-state index in [1.54, 1.807) is 4.90 Å². The fourth-order valence-electron chi connectivity index (χ4n) is 3.28. The summed E-state index contributed by atoms with van der Waals surface area (Å²) in [5.74, 6) is 3.23. The quantitative estimate of drug-likeness (QED) is 0.755. The molecule has 3 rings (SSSR count). The second-order valence-corrected chi connectivity index (χ2v) is 8.24. The van der Waals surface area contributed by atoms with Crippen molar-refractivity contribution in [1.29, 1.82) is 0 Å². The zero-order chi connectivity index (χ0) is 18.4. The molecule has 2 heterocycles. The minimum absolute atomic E-state index is 0.157. The fourth-order valence-corrected chi connectivity index (χ4v) is 4.26. The monoisotopic (exact) mass is 379 g/mol. The maximum Gasteiger partial charge on any atom is 0.236 e. The van der Waals surface area contributed by atoms with Crippen LogP contribution in [0.25, 0.3) is 0 Å². The molecule has 1 amide bonds. The molecule has 1 atom stereocenters. The third kappa shape index (κ3) is 5.61. The van der Waals surface area contributed by atoms with Crippen molar-refractivity contribution >= 4 is 17.7 Å². The predicted molar refractivity (Wildman–Crippen MR) is 105 cm³/mol. The lowest BCUT2D eigenvalue weighted by Crippen LogP contribution is -2.48. The van der Waals surface area contributed by atoms with Gasteiger partial charge in [-0.1, -0.05) is 18.2 Å². The maximum absolute atomic E-state index is 11.9. The summed E-state index contributed by atoms with van der Waals surface area (Å²) in [5.41, 5.74) is 1.06. The van der Waals surface area contributed by atoms with Gasteiger partial charge in [0.2, 0.25) is 5.91 Å². The number of rotatable bonds is 7. The molecule has 2 fully saturated rings. The average molecular weight is 380 g/mol. The van der Waals surface area contributed by atoms with E-state index in [4.69, 9.17) is 4.74 Å². The van der Waals surface area contributed by atoms with Gasteiger partial charge in [0.1, 0.15) is 18.5 Å². The Morgan fingerprint density at radius 3 is 2.69 bits per heavy atom. The predicted octanol–water partition coefficient (Wildman–Crippen LogP) is 0.749. The van der Waals surface area contributed by atoms with E-state index >= 15 is 0 Å². The Kier molecular flexibility index (Phi) is 7.19. The van der Waals surface area contributed by atoms with E-state index in [-0.39, 0.29) is 5.91 Å². The van der Waals surface area contributed by atoms with E-state index in [0.29, 0.717) is 26.2 Å². The van der Waals surface area contributed by atoms with E-state index in [1.807, 2.05) is 43.1 Å². The zero-order valence-corrected chi connectivity index (χ0v) is 16.3. The van der Waals surface area contributed by atoms with E-state index in [2.05, 4.69) is 9.80 Å². The highest BCUT2D eigenvalue weighted by atomic mass is 32.2. The summed E-state index contributed by atoms with van der Waals surface area (Å²) in [5, 5.41) is 10.3. The van der Waals surface area contributed by atoms with Crippen molar-refractivity contribution in [2.45, 2.75) is 12.6 Å². The van der Waals surface area contributed by atoms with Crippen LogP contribution in [0.15, 0.2) is 24.3 Å². The van der Waals surface area contributed by atoms with Gasteiger partial charge in [-0.2, -0.15) is 11.8 Å². The van der Waals surface area contributed by atoms with Crippen molar-refractivity contribution in [2.75, 3.05) is 64.4 Å². The minimum Gasteiger partial charge on any atom is -0.491 e. The Labute approximate surface area is 160 Å². The van der Waals surface area contributed by atoms with Gasteiger partial charge < -0.3 is 14.7 Å². The van der Waals surface area contributed by atoms with Crippen molar-refractivity contribution in [3.05, 3.63) is 29.8 Å². The van der Waals surface area contributed by atoms with Crippen molar-refractivity contribution in [3.63, 3.8) is 0 Å². The van der Waals surface area contributed by atoms with E-state index in [9.17, 15) is 9.90 Å². The number of aliphatic hydroxyl groups is 1. The number of amides is 1. The number of likely N-dealkylation sites (N-methyl/N-ethyl adjacent to an activating group) is 1. The molecule has 0 aliphatic carbocycles. The molecule has 1 aromatic rings. The largest absolute Gasteiger partial charge is 0.491 e. The second kappa shape index (κ2) is 9.60. The normalized spacial score (nSPS) is 21.0. The molecular formula is C19H29N3O3S. The lowest BCUT2D eigenvalue weighted by Gasteiger charge is -2.32. The molecule has 1 unspecified atom stereocenters. The van der Waals surface area contributed by atoms with Gasteiger partial charge in [-0.15, -0.1) is 0 Å². The van der Waals surface area contributed by atoms with Gasteiger partial charge in [0.25, 0.3) is 0 Å². The van der Waals surface area contributed by atoms with Crippen LogP contribution in [0.2, 0.25) is 0 Å².